The van der Waals surface area contributed by atoms with Crippen LogP contribution in [0.2, 0.25) is 0 Å². The van der Waals surface area contributed by atoms with Crippen LogP contribution < -0.4 is 10.0 Å². The summed E-state index contributed by atoms with van der Waals surface area (Å²) in [5, 5.41) is 2.79. The van der Waals surface area contributed by atoms with Gasteiger partial charge in [0.1, 0.15) is 0 Å². The lowest BCUT2D eigenvalue weighted by Gasteiger charge is -2.20. The molecule has 0 aliphatic heterocycles. The number of hydrogen-bond donors (Lipinski definition) is 2. The molecule has 1 amide bonds. The van der Waals surface area contributed by atoms with Gasteiger partial charge in [0.15, 0.2) is 0 Å². The van der Waals surface area contributed by atoms with Crippen molar-refractivity contribution >= 4 is 37.5 Å². The Morgan fingerprint density at radius 1 is 1.08 bits per heavy atom. The van der Waals surface area contributed by atoms with Crippen molar-refractivity contribution in [2.24, 2.45) is 0 Å². The van der Waals surface area contributed by atoms with Gasteiger partial charge in [0.2, 0.25) is 10.0 Å². The summed E-state index contributed by atoms with van der Waals surface area (Å²) in [6.07, 6.45) is 0.917. The zero-order valence-electron chi connectivity index (χ0n) is 15.3. The van der Waals surface area contributed by atoms with E-state index in [0.717, 1.165) is 6.42 Å². The Labute approximate surface area is 163 Å². The lowest BCUT2D eigenvalue weighted by Crippen LogP contribution is -2.40. The fourth-order valence-corrected chi connectivity index (χ4v) is 4.20. The molecule has 0 unspecified atom stereocenters. The molecule has 0 spiro atoms. The van der Waals surface area contributed by atoms with Crippen LogP contribution in [-0.4, -0.2) is 19.9 Å². The number of anilines is 1. The largest absolute Gasteiger partial charge is 0.322 e. The van der Waals surface area contributed by atoms with Crippen LogP contribution in [-0.2, 0) is 16.4 Å². The first-order chi connectivity index (χ1) is 12.0. The third-order valence-electron chi connectivity index (χ3n) is 3.55. The van der Waals surface area contributed by atoms with Gasteiger partial charge in [-0.2, -0.15) is 0 Å². The van der Waals surface area contributed by atoms with Gasteiger partial charge in [-0.15, -0.1) is 0 Å². The minimum absolute atomic E-state index is 0.0436. The van der Waals surface area contributed by atoms with Crippen LogP contribution >= 0.6 is 15.9 Å². The number of carbonyl (C=O) groups is 1. The van der Waals surface area contributed by atoms with Gasteiger partial charge in [0, 0.05) is 15.7 Å². The number of nitrogens with one attached hydrogen (secondary N) is 2. The van der Waals surface area contributed by atoms with Gasteiger partial charge in [0.25, 0.3) is 5.91 Å². The molecule has 0 aromatic heterocycles. The van der Waals surface area contributed by atoms with Crippen molar-refractivity contribution in [2.45, 2.75) is 44.6 Å². The van der Waals surface area contributed by atoms with Crippen LogP contribution in [0.15, 0.2) is 51.8 Å². The summed E-state index contributed by atoms with van der Waals surface area (Å²) in [6.45, 7) is 7.34. The second-order valence-corrected chi connectivity index (χ2v) is 9.54. The zero-order valence-corrected chi connectivity index (χ0v) is 17.7. The third kappa shape index (κ3) is 5.40. The van der Waals surface area contributed by atoms with Gasteiger partial charge >= 0.3 is 0 Å². The standard InChI is InChI=1S/C19H23BrN2O3S/c1-5-13-6-8-14(9-7-13)21-18(23)16-12-15(10-11-17(16)20)26(24,25)22-19(2,3)4/h6-12,22H,5H2,1-4H3,(H,21,23). The summed E-state index contributed by atoms with van der Waals surface area (Å²) >= 11 is 3.32. The molecule has 2 aromatic carbocycles. The van der Waals surface area contributed by atoms with E-state index in [1.807, 2.05) is 24.3 Å². The Bertz CT molecular complexity index is 901. The van der Waals surface area contributed by atoms with E-state index in [0.29, 0.717) is 10.2 Å². The third-order valence-corrected chi connectivity index (χ3v) is 6.00. The number of carbonyl (C=O) groups excluding carboxylic acids is 1. The van der Waals surface area contributed by atoms with E-state index >= 15 is 0 Å². The van der Waals surface area contributed by atoms with E-state index in [4.69, 9.17) is 0 Å². The van der Waals surface area contributed by atoms with Crippen LogP contribution in [0.5, 0.6) is 0 Å². The quantitative estimate of drug-likeness (QED) is 0.728. The van der Waals surface area contributed by atoms with Gasteiger partial charge < -0.3 is 5.32 Å². The van der Waals surface area contributed by atoms with Gasteiger partial charge in [-0.1, -0.05) is 19.1 Å². The highest BCUT2D eigenvalue weighted by molar-refractivity contribution is 9.10. The molecule has 0 aliphatic rings. The molecule has 0 fully saturated rings. The molecule has 7 heteroatoms. The number of hydrogen-bond acceptors (Lipinski definition) is 3. The molecule has 0 saturated carbocycles. The SMILES string of the molecule is CCc1ccc(NC(=O)c2cc(S(=O)(=O)NC(C)(C)C)ccc2Br)cc1. The predicted octanol–water partition coefficient (Wildman–Crippen LogP) is 4.34. The number of halogens is 1. The lowest BCUT2D eigenvalue weighted by molar-refractivity contribution is 0.102. The molecule has 0 radical (unpaired) electrons. The average Bonchev–Trinajstić information content (AvgIpc) is 2.53. The van der Waals surface area contributed by atoms with Crippen molar-refractivity contribution in [3.05, 3.63) is 58.1 Å². The van der Waals surface area contributed by atoms with Crippen LogP contribution in [0.25, 0.3) is 0 Å². The van der Waals surface area contributed by atoms with Crippen LogP contribution in [0.4, 0.5) is 5.69 Å². The Hall–Kier alpha value is -1.70. The molecule has 140 valence electrons. The van der Waals surface area contributed by atoms with Gasteiger partial charge in [0.05, 0.1) is 10.5 Å². The molecule has 2 aromatic rings. The maximum Gasteiger partial charge on any atom is 0.256 e. The minimum Gasteiger partial charge on any atom is -0.322 e. The van der Waals surface area contributed by atoms with Crippen molar-refractivity contribution in [1.82, 2.24) is 4.72 Å². The Balaban J connectivity index is 2.29. The van der Waals surface area contributed by atoms with Crippen molar-refractivity contribution in [1.29, 1.82) is 0 Å². The van der Waals surface area contributed by atoms with Crippen molar-refractivity contribution in [3.8, 4) is 0 Å². The van der Waals surface area contributed by atoms with Crippen molar-refractivity contribution in [2.75, 3.05) is 5.32 Å². The first-order valence-corrected chi connectivity index (χ1v) is 10.5. The average molecular weight is 439 g/mol. The van der Waals surface area contributed by atoms with E-state index in [9.17, 15) is 13.2 Å². The summed E-state index contributed by atoms with van der Waals surface area (Å²) < 4.78 is 28.1. The fraction of sp³-hybridized carbons (Fsp3) is 0.316. The molecule has 0 bridgehead atoms. The highest BCUT2D eigenvalue weighted by Crippen LogP contribution is 2.23. The number of amides is 1. The van der Waals surface area contributed by atoms with E-state index in [-0.39, 0.29) is 16.4 Å². The van der Waals surface area contributed by atoms with Gasteiger partial charge in [-0.25, -0.2) is 13.1 Å². The highest BCUT2D eigenvalue weighted by Gasteiger charge is 2.23. The molecule has 2 N–H and O–H groups in total. The van der Waals surface area contributed by atoms with Gasteiger partial charge in [-0.05, 0) is 79.0 Å². The molecular weight excluding hydrogens is 416 g/mol. The normalized spacial score (nSPS) is 12.0. The maximum atomic E-state index is 12.6. The Morgan fingerprint density at radius 2 is 1.69 bits per heavy atom. The lowest BCUT2D eigenvalue weighted by atomic mass is 10.1. The van der Waals surface area contributed by atoms with E-state index < -0.39 is 15.6 Å². The fourth-order valence-electron chi connectivity index (χ4n) is 2.33. The second-order valence-electron chi connectivity index (χ2n) is 7.00. The molecule has 0 aliphatic carbocycles. The zero-order chi connectivity index (χ0) is 19.5. The molecule has 2 rings (SSSR count). The maximum absolute atomic E-state index is 12.6. The van der Waals surface area contributed by atoms with Crippen LogP contribution in [0, 0.1) is 0 Å². The topological polar surface area (TPSA) is 75.3 Å². The summed E-state index contributed by atoms with van der Waals surface area (Å²) in [6, 6.07) is 11.9. The number of rotatable bonds is 5. The first kappa shape index (κ1) is 20.6. The summed E-state index contributed by atoms with van der Waals surface area (Å²) in [5.74, 6) is -0.381. The predicted molar refractivity (Wildman–Crippen MR) is 108 cm³/mol. The molecule has 0 heterocycles. The molecule has 0 atom stereocenters. The second kappa shape index (κ2) is 7.90. The first-order valence-electron chi connectivity index (χ1n) is 8.25. The Morgan fingerprint density at radius 3 is 2.23 bits per heavy atom. The highest BCUT2D eigenvalue weighted by atomic mass is 79.9. The van der Waals surface area contributed by atoms with E-state index in [2.05, 4.69) is 32.9 Å². The van der Waals surface area contributed by atoms with Gasteiger partial charge in [-0.3, -0.25) is 4.79 Å². The Kier molecular flexibility index (Phi) is 6.26. The van der Waals surface area contributed by atoms with Crippen molar-refractivity contribution < 1.29 is 13.2 Å². The van der Waals surface area contributed by atoms with Crippen molar-refractivity contribution in [3.63, 3.8) is 0 Å². The molecular formula is C19H23BrN2O3S. The minimum atomic E-state index is -3.72. The number of aryl methyl sites for hydroxylation is 1. The van der Waals surface area contributed by atoms with Crippen LogP contribution in [0.1, 0.15) is 43.6 Å². The summed E-state index contributed by atoms with van der Waals surface area (Å²) in [7, 11) is -3.72. The molecule has 5 nitrogen and oxygen atoms in total. The molecule has 0 saturated heterocycles. The summed E-state index contributed by atoms with van der Waals surface area (Å²) in [4.78, 5) is 12.6. The molecule has 26 heavy (non-hydrogen) atoms. The number of sulfonamides is 1. The van der Waals surface area contributed by atoms with E-state index in [1.54, 1.807) is 26.8 Å². The monoisotopic (exact) mass is 438 g/mol. The number of benzene rings is 2. The van der Waals surface area contributed by atoms with E-state index in [1.165, 1.54) is 17.7 Å². The smallest absolute Gasteiger partial charge is 0.256 e. The van der Waals surface area contributed by atoms with Crippen LogP contribution in [0.3, 0.4) is 0 Å². The summed E-state index contributed by atoms with van der Waals surface area (Å²) in [5.41, 5.74) is 1.46.